The summed E-state index contributed by atoms with van der Waals surface area (Å²) in [6, 6.07) is 11.1. The Hall–Kier alpha value is -2.97. The number of rotatable bonds is 9. The minimum atomic E-state index is -1.50. The molecule has 0 spiro atoms. The Labute approximate surface area is 188 Å². The summed E-state index contributed by atoms with van der Waals surface area (Å²) in [6.45, 7) is 7.65. The van der Waals surface area contributed by atoms with Gasteiger partial charge >= 0.3 is 6.03 Å². The first-order valence-electron chi connectivity index (χ1n) is 10.9. The average Bonchev–Trinajstić information content (AvgIpc) is 2.75. The summed E-state index contributed by atoms with van der Waals surface area (Å²) in [5.41, 5.74) is 0.567. The van der Waals surface area contributed by atoms with Gasteiger partial charge in [0.1, 0.15) is 12.1 Å². The largest absolute Gasteiger partial charge is 0.383 e. The van der Waals surface area contributed by atoms with Gasteiger partial charge in [0.05, 0.1) is 0 Å². The molecule has 2 atom stereocenters. The first kappa shape index (κ1) is 25.3. The maximum Gasteiger partial charge on any atom is 0.349 e. The van der Waals surface area contributed by atoms with Crippen LogP contribution in [0.1, 0.15) is 47.0 Å². The summed E-state index contributed by atoms with van der Waals surface area (Å²) in [7, 11) is 0. The van der Waals surface area contributed by atoms with E-state index in [2.05, 4.69) is 10.6 Å². The molecule has 0 aliphatic rings. The van der Waals surface area contributed by atoms with E-state index in [4.69, 9.17) is 0 Å². The monoisotopic (exact) mass is 443 g/mol. The SMILES string of the molecule is CC(C)CC[C@H](O)C(=O)N(O)C(=O)N[C@@H](CC(C)C)C(=O)Nc1ccc2ccccc2c1. The Morgan fingerprint density at radius 3 is 2.22 bits per heavy atom. The predicted octanol–water partition coefficient (Wildman–Crippen LogP) is 3.92. The van der Waals surface area contributed by atoms with Crippen LogP contribution >= 0.6 is 0 Å². The molecule has 0 bridgehead atoms. The Morgan fingerprint density at radius 2 is 1.59 bits per heavy atom. The van der Waals surface area contributed by atoms with Crippen molar-refractivity contribution in [2.45, 2.75) is 59.1 Å². The third-order valence-electron chi connectivity index (χ3n) is 5.04. The van der Waals surface area contributed by atoms with Gasteiger partial charge in [-0.2, -0.15) is 0 Å². The highest BCUT2D eigenvalue weighted by Gasteiger charge is 2.30. The number of hydrogen-bond acceptors (Lipinski definition) is 5. The molecule has 0 unspecified atom stereocenters. The maximum atomic E-state index is 12.9. The number of hydroxylamine groups is 2. The minimum Gasteiger partial charge on any atom is -0.383 e. The molecule has 0 fully saturated rings. The van der Waals surface area contributed by atoms with Crippen molar-refractivity contribution in [2.75, 3.05) is 5.32 Å². The number of carbonyl (C=O) groups excluding carboxylic acids is 3. The van der Waals surface area contributed by atoms with Gasteiger partial charge in [-0.05, 0) is 54.0 Å². The van der Waals surface area contributed by atoms with Crippen LogP contribution in [0.25, 0.3) is 10.8 Å². The predicted molar refractivity (Wildman–Crippen MR) is 123 cm³/mol. The van der Waals surface area contributed by atoms with Gasteiger partial charge in [0.2, 0.25) is 5.91 Å². The summed E-state index contributed by atoms with van der Waals surface area (Å²) >= 11 is 0. The Kier molecular flexibility index (Phi) is 9.16. The number of benzene rings is 2. The molecule has 0 saturated heterocycles. The Balaban J connectivity index is 2.06. The summed E-state index contributed by atoms with van der Waals surface area (Å²) in [4.78, 5) is 37.4. The lowest BCUT2D eigenvalue weighted by atomic mass is 10.0. The quantitative estimate of drug-likeness (QED) is 0.346. The molecule has 2 aromatic carbocycles. The number of urea groups is 1. The molecule has 0 saturated carbocycles. The molecule has 32 heavy (non-hydrogen) atoms. The third-order valence-corrected chi connectivity index (χ3v) is 5.04. The summed E-state index contributed by atoms with van der Waals surface area (Å²) in [6.07, 6.45) is -0.517. The highest BCUT2D eigenvalue weighted by Crippen LogP contribution is 2.19. The van der Waals surface area contributed by atoms with Gasteiger partial charge in [0.15, 0.2) is 0 Å². The molecule has 0 aliphatic carbocycles. The van der Waals surface area contributed by atoms with E-state index in [9.17, 15) is 24.7 Å². The third kappa shape index (κ3) is 7.32. The van der Waals surface area contributed by atoms with E-state index in [0.29, 0.717) is 18.5 Å². The molecule has 0 aliphatic heterocycles. The topological polar surface area (TPSA) is 119 Å². The van der Waals surface area contributed by atoms with Gasteiger partial charge in [-0.15, -0.1) is 5.06 Å². The van der Waals surface area contributed by atoms with E-state index in [0.717, 1.165) is 10.8 Å². The van der Waals surface area contributed by atoms with E-state index < -0.39 is 30.0 Å². The summed E-state index contributed by atoms with van der Waals surface area (Å²) < 4.78 is 0. The van der Waals surface area contributed by atoms with Crippen molar-refractivity contribution >= 4 is 34.3 Å². The normalized spacial score (nSPS) is 13.1. The summed E-state index contributed by atoms with van der Waals surface area (Å²) in [5.74, 6) is -1.28. The molecule has 2 rings (SSSR count). The highest BCUT2D eigenvalue weighted by atomic mass is 16.5. The van der Waals surface area contributed by atoms with E-state index >= 15 is 0 Å². The molecule has 4 amide bonds. The van der Waals surface area contributed by atoms with Crippen molar-refractivity contribution in [3.63, 3.8) is 0 Å². The Morgan fingerprint density at radius 1 is 0.938 bits per heavy atom. The molecule has 8 nitrogen and oxygen atoms in total. The zero-order valence-corrected chi connectivity index (χ0v) is 19.0. The number of nitrogens with one attached hydrogen (secondary N) is 2. The molecule has 0 heterocycles. The van der Waals surface area contributed by atoms with Crippen molar-refractivity contribution in [3.8, 4) is 0 Å². The second-order valence-corrected chi connectivity index (χ2v) is 8.82. The first-order chi connectivity index (χ1) is 15.1. The number of nitrogens with zero attached hydrogens (tertiary/aromatic N) is 1. The molecular weight excluding hydrogens is 410 g/mol. The van der Waals surface area contributed by atoms with Crippen molar-refractivity contribution in [3.05, 3.63) is 42.5 Å². The molecular formula is C24H33N3O5. The maximum absolute atomic E-state index is 12.9. The van der Waals surface area contributed by atoms with E-state index in [1.807, 2.05) is 64.1 Å². The lowest BCUT2D eigenvalue weighted by molar-refractivity contribution is -0.162. The summed E-state index contributed by atoms with van der Waals surface area (Å²) in [5, 5.41) is 26.9. The first-order valence-corrected chi connectivity index (χ1v) is 10.9. The standard InChI is InChI=1S/C24H33N3O5/c1-15(2)9-12-21(28)23(30)27(32)24(31)26-20(13-16(3)4)22(29)25-19-11-10-17-7-5-6-8-18(17)14-19/h5-8,10-11,14-16,20-21,28,32H,9,12-13H2,1-4H3,(H,25,29)(H,26,31)/t20-,21-/m0/s1. The smallest absolute Gasteiger partial charge is 0.349 e. The second kappa shape index (κ2) is 11.6. The molecule has 0 aromatic heterocycles. The number of imide groups is 1. The van der Waals surface area contributed by atoms with Gasteiger partial charge in [-0.1, -0.05) is 58.0 Å². The fraction of sp³-hybridized carbons (Fsp3) is 0.458. The molecule has 4 N–H and O–H groups in total. The van der Waals surface area contributed by atoms with Crippen LogP contribution in [-0.4, -0.2) is 45.4 Å². The van der Waals surface area contributed by atoms with Crippen molar-refractivity contribution in [1.29, 1.82) is 0 Å². The molecule has 2 aromatic rings. The molecule has 0 radical (unpaired) electrons. The van der Waals surface area contributed by atoms with Gasteiger partial charge in [-0.3, -0.25) is 14.8 Å². The van der Waals surface area contributed by atoms with Crippen LogP contribution in [0.15, 0.2) is 42.5 Å². The van der Waals surface area contributed by atoms with Crippen molar-refractivity contribution < 1.29 is 24.7 Å². The Bertz CT molecular complexity index is 944. The minimum absolute atomic E-state index is 0.0575. The fourth-order valence-corrected chi connectivity index (χ4v) is 3.27. The number of amides is 4. The van der Waals surface area contributed by atoms with Crippen LogP contribution in [0.4, 0.5) is 10.5 Å². The fourth-order valence-electron chi connectivity index (χ4n) is 3.27. The number of anilines is 1. The van der Waals surface area contributed by atoms with Crippen LogP contribution in [-0.2, 0) is 9.59 Å². The van der Waals surface area contributed by atoms with Crippen LogP contribution in [0.2, 0.25) is 0 Å². The average molecular weight is 444 g/mol. The van der Waals surface area contributed by atoms with Gasteiger partial charge in [0, 0.05) is 5.69 Å². The van der Waals surface area contributed by atoms with Crippen LogP contribution < -0.4 is 10.6 Å². The second-order valence-electron chi connectivity index (χ2n) is 8.82. The van der Waals surface area contributed by atoms with E-state index in [1.54, 1.807) is 6.07 Å². The van der Waals surface area contributed by atoms with Crippen molar-refractivity contribution in [2.24, 2.45) is 11.8 Å². The van der Waals surface area contributed by atoms with Crippen LogP contribution in [0, 0.1) is 11.8 Å². The van der Waals surface area contributed by atoms with Crippen molar-refractivity contribution in [1.82, 2.24) is 10.4 Å². The van der Waals surface area contributed by atoms with Gasteiger partial charge in [0.25, 0.3) is 5.91 Å². The van der Waals surface area contributed by atoms with Gasteiger partial charge in [-0.25, -0.2) is 4.79 Å². The van der Waals surface area contributed by atoms with Crippen LogP contribution in [0.5, 0.6) is 0 Å². The lowest BCUT2D eigenvalue weighted by Gasteiger charge is -2.23. The van der Waals surface area contributed by atoms with Gasteiger partial charge < -0.3 is 15.7 Å². The zero-order chi connectivity index (χ0) is 23.8. The van der Waals surface area contributed by atoms with Crippen LogP contribution in [0.3, 0.4) is 0 Å². The number of hydrogen-bond donors (Lipinski definition) is 4. The lowest BCUT2D eigenvalue weighted by Crippen LogP contribution is -2.52. The number of carbonyl (C=O) groups is 3. The number of aliphatic hydroxyl groups is 1. The zero-order valence-electron chi connectivity index (χ0n) is 19.0. The van der Waals surface area contributed by atoms with E-state index in [1.165, 1.54) is 0 Å². The molecule has 8 heteroatoms. The number of aliphatic hydroxyl groups excluding tert-OH is 1. The highest BCUT2D eigenvalue weighted by molar-refractivity contribution is 6.01. The van der Waals surface area contributed by atoms with E-state index in [-0.39, 0.29) is 23.3 Å². The number of fused-ring (bicyclic) bond motifs is 1. The molecule has 174 valence electrons.